The Kier molecular flexibility index (Phi) is 9.13. The molecule has 1 heterocycles. The van der Waals surface area contributed by atoms with E-state index in [1.807, 2.05) is 13.8 Å². The van der Waals surface area contributed by atoms with Gasteiger partial charge in [-0.1, -0.05) is 37.8 Å². The Morgan fingerprint density at radius 1 is 1.12 bits per heavy atom. The van der Waals surface area contributed by atoms with Crippen LogP contribution in [0.2, 0.25) is 5.02 Å². The molecule has 6 nitrogen and oxygen atoms in total. The largest absolute Gasteiger partial charge is 0.508 e. The van der Waals surface area contributed by atoms with Gasteiger partial charge in [-0.25, -0.2) is 0 Å². The monoisotopic (exact) mass is 484 g/mol. The zero-order chi connectivity index (χ0) is 24.7. The second kappa shape index (κ2) is 12.0. The number of unbranched alkanes of at least 4 members (excludes halogenated alkanes) is 2. The highest BCUT2D eigenvalue weighted by Crippen LogP contribution is 2.37. The summed E-state index contributed by atoms with van der Waals surface area (Å²) in [7, 11) is 0. The first-order valence-electron chi connectivity index (χ1n) is 11.9. The lowest BCUT2D eigenvalue weighted by atomic mass is 9.90. The lowest BCUT2D eigenvalue weighted by molar-refractivity contribution is -0.123. The number of rotatable bonds is 11. The molecule has 1 atom stereocenters. The smallest absolute Gasteiger partial charge is 0.262 e. The first-order chi connectivity index (χ1) is 16.4. The van der Waals surface area contributed by atoms with Crippen LogP contribution in [0.15, 0.2) is 42.5 Å². The molecule has 0 saturated carbocycles. The Balaban J connectivity index is 2.09. The molecule has 0 aliphatic rings. The van der Waals surface area contributed by atoms with Gasteiger partial charge in [0.2, 0.25) is 5.91 Å². The minimum absolute atomic E-state index is 0.0916. The number of amides is 1. The summed E-state index contributed by atoms with van der Waals surface area (Å²) in [6, 6.07) is 11.7. The maximum Gasteiger partial charge on any atom is 0.262 e. The molecule has 3 rings (SSSR count). The molecule has 0 fully saturated rings. The molecule has 34 heavy (non-hydrogen) atoms. The van der Waals surface area contributed by atoms with E-state index in [0.717, 1.165) is 24.8 Å². The predicted molar refractivity (Wildman–Crippen MR) is 136 cm³/mol. The summed E-state index contributed by atoms with van der Waals surface area (Å²) >= 11 is 6.01. The normalized spacial score (nSPS) is 12.1. The van der Waals surface area contributed by atoms with Crippen molar-refractivity contribution in [2.24, 2.45) is 0 Å². The number of halogens is 1. The first-order valence-corrected chi connectivity index (χ1v) is 12.3. The van der Waals surface area contributed by atoms with E-state index < -0.39 is 5.92 Å². The fourth-order valence-corrected chi connectivity index (χ4v) is 4.50. The second-order valence-electron chi connectivity index (χ2n) is 8.38. The second-order valence-corrected chi connectivity index (χ2v) is 8.82. The lowest BCUT2D eigenvalue weighted by Crippen LogP contribution is -2.32. The molecule has 182 valence electrons. The molecular weight excluding hydrogens is 452 g/mol. The van der Waals surface area contributed by atoms with Gasteiger partial charge in [0.05, 0.1) is 18.0 Å². The summed E-state index contributed by atoms with van der Waals surface area (Å²) in [6.45, 7) is 7.36. The van der Waals surface area contributed by atoms with Crippen LogP contribution >= 0.6 is 11.6 Å². The number of phenolic OH excluding ortho intramolecular Hbond substituents is 1. The van der Waals surface area contributed by atoms with Gasteiger partial charge in [-0.15, -0.1) is 0 Å². The van der Waals surface area contributed by atoms with Gasteiger partial charge in [-0.05, 0) is 68.3 Å². The zero-order valence-electron chi connectivity index (χ0n) is 20.1. The minimum atomic E-state index is -0.447. The fraction of sp³-hybridized carbons (Fsp3) is 0.407. The molecule has 0 saturated heterocycles. The van der Waals surface area contributed by atoms with Crippen molar-refractivity contribution < 1.29 is 19.4 Å². The summed E-state index contributed by atoms with van der Waals surface area (Å²) in [5.41, 5.74) is 2.63. The maximum absolute atomic E-state index is 13.5. The number of fused-ring (bicyclic) bond motifs is 1. The number of carbonyl (C=O) groups excluding carboxylic acids is 2. The van der Waals surface area contributed by atoms with Crippen molar-refractivity contribution in [3.8, 4) is 5.75 Å². The quantitative estimate of drug-likeness (QED) is 0.336. The van der Waals surface area contributed by atoms with E-state index in [4.69, 9.17) is 16.3 Å². The Morgan fingerprint density at radius 3 is 2.53 bits per heavy atom. The molecule has 1 amide bonds. The van der Waals surface area contributed by atoms with E-state index >= 15 is 0 Å². The molecule has 0 radical (unpaired) electrons. The maximum atomic E-state index is 13.5. The van der Waals surface area contributed by atoms with Crippen LogP contribution in [-0.4, -0.2) is 41.2 Å². The van der Waals surface area contributed by atoms with Crippen molar-refractivity contribution in [1.29, 1.82) is 0 Å². The van der Waals surface area contributed by atoms with E-state index in [-0.39, 0.29) is 17.6 Å². The highest BCUT2D eigenvalue weighted by molar-refractivity contribution is 6.30. The summed E-state index contributed by atoms with van der Waals surface area (Å²) in [5, 5.41) is 14.5. The van der Waals surface area contributed by atoms with Gasteiger partial charge in [0.15, 0.2) is 0 Å². The van der Waals surface area contributed by atoms with Gasteiger partial charge in [-0.2, -0.15) is 0 Å². The van der Waals surface area contributed by atoms with Crippen molar-refractivity contribution in [3.63, 3.8) is 0 Å². The standard InChI is InChI=1S/C27H33ClN2O4/c1-4-6-7-8-22(26(32)29-15-16-34-5-2)25-18(3)30(24-14-13-21(31)17-23(24)25)27(33)19-9-11-20(28)12-10-19/h9-14,17,22,31H,4-8,15-16H2,1-3H3,(H,29,32). The van der Waals surface area contributed by atoms with Gasteiger partial charge in [0.1, 0.15) is 5.75 Å². The fourth-order valence-electron chi connectivity index (χ4n) is 4.37. The Bertz CT molecular complexity index is 1140. The molecule has 0 aliphatic heterocycles. The van der Waals surface area contributed by atoms with Crippen molar-refractivity contribution >= 4 is 34.3 Å². The molecule has 7 heteroatoms. The molecule has 1 aromatic heterocycles. The van der Waals surface area contributed by atoms with Gasteiger partial charge in [0, 0.05) is 34.8 Å². The Morgan fingerprint density at radius 2 is 1.85 bits per heavy atom. The molecular formula is C27H33ClN2O4. The average molecular weight is 485 g/mol. The molecule has 3 aromatic rings. The SMILES string of the molecule is CCCCCC(C(=O)NCCOCC)c1c(C)n(C(=O)c2ccc(Cl)cc2)c2ccc(O)cc12. The van der Waals surface area contributed by atoms with Crippen LogP contribution in [0.5, 0.6) is 5.75 Å². The van der Waals surface area contributed by atoms with Crippen molar-refractivity contribution in [3.05, 3.63) is 64.3 Å². The van der Waals surface area contributed by atoms with E-state index in [1.165, 1.54) is 0 Å². The van der Waals surface area contributed by atoms with E-state index in [9.17, 15) is 14.7 Å². The highest BCUT2D eigenvalue weighted by atomic mass is 35.5. The van der Waals surface area contributed by atoms with Crippen molar-refractivity contribution in [2.75, 3.05) is 19.8 Å². The van der Waals surface area contributed by atoms with E-state index in [0.29, 0.717) is 53.4 Å². The number of carbonyl (C=O) groups is 2. The number of ether oxygens (including phenoxy) is 1. The summed E-state index contributed by atoms with van der Waals surface area (Å²) in [6.07, 6.45) is 3.58. The van der Waals surface area contributed by atoms with Crippen LogP contribution in [0.25, 0.3) is 10.9 Å². The lowest BCUT2D eigenvalue weighted by Gasteiger charge is -2.18. The number of nitrogens with zero attached hydrogens (tertiary/aromatic N) is 1. The van der Waals surface area contributed by atoms with Crippen LogP contribution in [0, 0.1) is 6.92 Å². The number of hydrogen-bond donors (Lipinski definition) is 2. The van der Waals surface area contributed by atoms with Crippen molar-refractivity contribution in [1.82, 2.24) is 9.88 Å². The average Bonchev–Trinajstić information content (AvgIpc) is 3.10. The molecule has 2 aromatic carbocycles. The number of hydrogen-bond acceptors (Lipinski definition) is 4. The third-order valence-corrected chi connectivity index (χ3v) is 6.29. The first kappa shape index (κ1) is 25.8. The van der Waals surface area contributed by atoms with E-state index in [1.54, 1.807) is 47.0 Å². The highest BCUT2D eigenvalue weighted by Gasteiger charge is 2.29. The third-order valence-electron chi connectivity index (χ3n) is 6.04. The summed E-state index contributed by atoms with van der Waals surface area (Å²) in [4.78, 5) is 26.9. The van der Waals surface area contributed by atoms with Crippen molar-refractivity contribution in [2.45, 2.75) is 52.4 Å². The van der Waals surface area contributed by atoms with Crippen LogP contribution < -0.4 is 5.32 Å². The third kappa shape index (κ3) is 5.80. The molecule has 2 N–H and O–H groups in total. The van der Waals surface area contributed by atoms with Gasteiger partial charge < -0.3 is 15.2 Å². The topological polar surface area (TPSA) is 80.6 Å². The van der Waals surface area contributed by atoms with Crippen LogP contribution in [0.1, 0.15) is 67.1 Å². The summed E-state index contributed by atoms with van der Waals surface area (Å²) < 4.78 is 7.00. The van der Waals surface area contributed by atoms with Crippen LogP contribution in [0.3, 0.4) is 0 Å². The van der Waals surface area contributed by atoms with Gasteiger partial charge in [0.25, 0.3) is 5.91 Å². The minimum Gasteiger partial charge on any atom is -0.508 e. The molecule has 1 unspecified atom stereocenters. The van der Waals surface area contributed by atoms with Crippen LogP contribution in [-0.2, 0) is 9.53 Å². The zero-order valence-corrected chi connectivity index (χ0v) is 20.8. The Labute approximate surface area is 205 Å². The molecule has 0 bridgehead atoms. The number of aromatic hydroxyl groups is 1. The Hall–Kier alpha value is -2.83. The number of aromatic nitrogens is 1. The number of nitrogens with one attached hydrogen (secondary N) is 1. The molecule has 0 aliphatic carbocycles. The van der Waals surface area contributed by atoms with Gasteiger partial charge >= 0.3 is 0 Å². The van der Waals surface area contributed by atoms with Crippen LogP contribution in [0.4, 0.5) is 0 Å². The van der Waals surface area contributed by atoms with E-state index in [2.05, 4.69) is 12.2 Å². The van der Waals surface area contributed by atoms with Gasteiger partial charge in [-0.3, -0.25) is 14.2 Å². The number of benzene rings is 2. The predicted octanol–water partition coefficient (Wildman–Crippen LogP) is 5.81. The number of phenols is 1. The molecule has 0 spiro atoms. The summed E-state index contributed by atoms with van der Waals surface area (Å²) in [5.74, 6) is -0.661.